The Hall–Kier alpha value is -1.64. The summed E-state index contributed by atoms with van der Waals surface area (Å²) in [5.41, 5.74) is 17.5. The van der Waals surface area contributed by atoms with Gasteiger partial charge in [0.15, 0.2) is 0 Å². The first-order chi connectivity index (χ1) is 8.26. The highest BCUT2D eigenvalue weighted by atomic mass is 14.5. The summed E-state index contributed by atoms with van der Waals surface area (Å²) in [5, 5.41) is 0. The van der Waals surface area contributed by atoms with Crippen molar-refractivity contribution in [3.05, 3.63) is 59.2 Å². The minimum absolute atomic E-state index is 0.558. The van der Waals surface area contributed by atoms with Gasteiger partial charge >= 0.3 is 0 Å². The van der Waals surface area contributed by atoms with Crippen LogP contribution in [0.15, 0.2) is 42.5 Å². The molecule has 88 valence electrons. The van der Waals surface area contributed by atoms with Crippen molar-refractivity contribution in [2.24, 2.45) is 11.5 Å². The van der Waals surface area contributed by atoms with Crippen molar-refractivity contribution in [2.45, 2.75) is 20.0 Å². The zero-order chi connectivity index (χ0) is 12.3. The first-order valence-corrected chi connectivity index (χ1v) is 5.84. The Balaban J connectivity index is 2.59. The van der Waals surface area contributed by atoms with Crippen molar-refractivity contribution in [3.63, 3.8) is 0 Å². The number of hydrogen-bond donors (Lipinski definition) is 2. The summed E-state index contributed by atoms with van der Waals surface area (Å²) in [6, 6.07) is 14.6. The third-order valence-corrected chi connectivity index (χ3v) is 3.07. The quantitative estimate of drug-likeness (QED) is 0.845. The first kappa shape index (κ1) is 11.8. The van der Waals surface area contributed by atoms with Gasteiger partial charge in [-0.15, -0.1) is 0 Å². The molecule has 0 bridgehead atoms. The molecule has 2 aromatic carbocycles. The van der Waals surface area contributed by atoms with Crippen molar-refractivity contribution >= 4 is 0 Å². The van der Waals surface area contributed by atoms with E-state index in [0.29, 0.717) is 13.1 Å². The lowest BCUT2D eigenvalue weighted by atomic mass is 9.94. The SMILES string of the molecule is Cc1ccc(CN)cc1-c1ccccc1CN. The topological polar surface area (TPSA) is 52.0 Å². The molecule has 0 amide bonds. The van der Waals surface area contributed by atoms with Crippen LogP contribution in [0.5, 0.6) is 0 Å². The van der Waals surface area contributed by atoms with Crippen molar-refractivity contribution in [1.82, 2.24) is 0 Å². The van der Waals surface area contributed by atoms with Crippen LogP contribution in [0.25, 0.3) is 11.1 Å². The summed E-state index contributed by atoms with van der Waals surface area (Å²) in [6.45, 7) is 3.24. The van der Waals surface area contributed by atoms with Crippen LogP contribution >= 0.6 is 0 Å². The maximum atomic E-state index is 5.78. The highest BCUT2D eigenvalue weighted by Crippen LogP contribution is 2.27. The lowest BCUT2D eigenvalue weighted by molar-refractivity contribution is 1.06. The summed E-state index contributed by atoms with van der Waals surface area (Å²) in [7, 11) is 0. The van der Waals surface area contributed by atoms with Crippen LogP contribution in [0.3, 0.4) is 0 Å². The molecule has 2 aromatic rings. The van der Waals surface area contributed by atoms with Gasteiger partial charge in [0.25, 0.3) is 0 Å². The van der Waals surface area contributed by atoms with Gasteiger partial charge in [0.1, 0.15) is 0 Å². The molecule has 2 nitrogen and oxygen atoms in total. The van der Waals surface area contributed by atoms with Crippen LogP contribution < -0.4 is 11.5 Å². The molecular weight excluding hydrogens is 208 g/mol. The highest BCUT2D eigenvalue weighted by molar-refractivity contribution is 5.71. The Kier molecular flexibility index (Phi) is 3.57. The molecule has 0 aliphatic heterocycles. The van der Waals surface area contributed by atoms with E-state index in [2.05, 4.69) is 37.3 Å². The predicted molar refractivity (Wildman–Crippen MR) is 72.4 cm³/mol. The van der Waals surface area contributed by atoms with E-state index in [1.54, 1.807) is 0 Å². The molecule has 0 radical (unpaired) electrons. The van der Waals surface area contributed by atoms with E-state index in [-0.39, 0.29) is 0 Å². The Morgan fingerprint density at radius 1 is 0.882 bits per heavy atom. The maximum Gasteiger partial charge on any atom is 0.0184 e. The average molecular weight is 226 g/mol. The van der Waals surface area contributed by atoms with Crippen molar-refractivity contribution in [3.8, 4) is 11.1 Å². The highest BCUT2D eigenvalue weighted by Gasteiger charge is 2.06. The second-order valence-corrected chi connectivity index (χ2v) is 4.21. The normalized spacial score (nSPS) is 10.5. The van der Waals surface area contributed by atoms with Crippen LogP contribution in [0, 0.1) is 6.92 Å². The van der Waals surface area contributed by atoms with Gasteiger partial charge in [-0.3, -0.25) is 0 Å². The van der Waals surface area contributed by atoms with Crippen LogP contribution in [0.2, 0.25) is 0 Å². The first-order valence-electron chi connectivity index (χ1n) is 5.84. The predicted octanol–water partition coefficient (Wildman–Crippen LogP) is 2.58. The molecule has 2 heteroatoms. The van der Waals surface area contributed by atoms with Gasteiger partial charge in [0, 0.05) is 13.1 Å². The average Bonchev–Trinajstić information content (AvgIpc) is 2.39. The van der Waals surface area contributed by atoms with Gasteiger partial charge in [0.2, 0.25) is 0 Å². The molecule has 0 aromatic heterocycles. The molecule has 0 aliphatic carbocycles. The standard InChI is InChI=1S/C15H18N2/c1-11-6-7-12(9-16)8-15(11)14-5-3-2-4-13(14)10-17/h2-8H,9-10,16-17H2,1H3. The summed E-state index contributed by atoms with van der Waals surface area (Å²) in [4.78, 5) is 0. The molecule has 2 rings (SSSR count). The second-order valence-electron chi connectivity index (χ2n) is 4.21. The van der Waals surface area contributed by atoms with Gasteiger partial charge < -0.3 is 11.5 Å². The van der Waals surface area contributed by atoms with Crippen molar-refractivity contribution < 1.29 is 0 Å². The summed E-state index contributed by atoms with van der Waals surface area (Å²) < 4.78 is 0. The van der Waals surface area contributed by atoms with Gasteiger partial charge in [-0.25, -0.2) is 0 Å². The Labute approximate surface area is 102 Å². The Morgan fingerprint density at radius 3 is 2.35 bits per heavy atom. The van der Waals surface area contributed by atoms with E-state index in [1.807, 2.05) is 12.1 Å². The van der Waals surface area contributed by atoms with Crippen LogP contribution in [0.4, 0.5) is 0 Å². The van der Waals surface area contributed by atoms with Gasteiger partial charge in [0.05, 0.1) is 0 Å². The molecule has 17 heavy (non-hydrogen) atoms. The lowest BCUT2D eigenvalue weighted by Crippen LogP contribution is -2.01. The summed E-state index contributed by atoms with van der Waals surface area (Å²) in [5.74, 6) is 0. The molecule has 0 atom stereocenters. The fourth-order valence-corrected chi connectivity index (χ4v) is 2.05. The monoisotopic (exact) mass is 226 g/mol. The van der Waals surface area contributed by atoms with Crippen LogP contribution in [0.1, 0.15) is 16.7 Å². The van der Waals surface area contributed by atoms with E-state index in [9.17, 15) is 0 Å². The zero-order valence-corrected chi connectivity index (χ0v) is 10.1. The smallest absolute Gasteiger partial charge is 0.0184 e. The molecule has 0 saturated carbocycles. The van der Waals surface area contributed by atoms with Crippen LogP contribution in [-0.2, 0) is 13.1 Å². The molecule has 0 heterocycles. The Bertz CT molecular complexity index is 518. The summed E-state index contributed by atoms with van der Waals surface area (Å²) in [6.07, 6.45) is 0. The van der Waals surface area contributed by atoms with Crippen molar-refractivity contribution in [1.29, 1.82) is 0 Å². The van der Waals surface area contributed by atoms with E-state index in [1.165, 1.54) is 22.3 Å². The van der Waals surface area contributed by atoms with Crippen LogP contribution in [-0.4, -0.2) is 0 Å². The van der Waals surface area contributed by atoms with Gasteiger partial charge in [-0.2, -0.15) is 0 Å². The number of benzene rings is 2. The van der Waals surface area contributed by atoms with E-state index in [4.69, 9.17) is 11.5 Å². The van der Waals surface area contributed by atoms with E-state index < -0.39 is 0 Å². The Morgan fingerprint density at radius 2 is 1.65 bits per heavy atom. The van der Waals surface area contributed by atoms with Crippen molar-refractivity contribution in [2.75, 3.05) is 0 Å². The minimum atomic E-state index is 0.558. The van der Waals surface area contributed by atoms with E-state index in [0.717, 1.165) is 5.56 Å². The number of rotatable bonds is 3. The number of aryl methyl sites for hydroxylation is 1. The third-order valence-electron chi connectivity index (χ3n) is 3.07. The molecule has 0 unspecified atom stereocenters. The molecule has 0 saturated heterocycles. The molecule has 0 fully saturated rings. The van der Waals surface area contributed by atoms with Gasteiger partial charge in [-0.05, 0) is 40.8 Å². The molecule has 0 aliphatic rings. The summed E-state index contributed by atoms with van der Waals surface area (Å²) >= 11 is 0. The number of hydrogen-bond acceptors (Lipinski definition) is 2. The number of nitrogens with two attached hydrogens (primary N) is 2. The fourth-order valence-electron chi connectivity index (χ4n) is 2.05. The zero-order valence-electron chi connectivity index (χ0n) is 10.1. The van der Waals surface area contributed by atoms with E-state index >= 15 is 0 Å². The molecule has 0 spiro atoms. The molecular formula is C15H18N2. The minimum Gasteiger partial charge on any atom is -0.326 e. The fraction of sp³-hybridized carbons (Fsp3) is 0.200. The largest absolute Gasteiger partial charge is 0.326 e. The molecule has 4 N–H and O–H groups in total. The maximum absolute atomic E-state index is 5.78. The lowest BCUT2D eigenvalue weighted by Gasteiger charge is -2.12. The third kappa shape index (κ3) is 2.38. The second kappa shape index (κ2) is 5.13. The van der Waals surface area contributed by atoms with Gasteiger partial charge in [-0.1, -0.05) is 36.4 Å².